The van der Waals surface area contributed by atoms with Crippen LogP contribution in [0, 0.1) is 5.41 Å². The Labute approximate surface area is 112 Å². The Hall–Kier alpha value is -2.04. The van der Waals surface area contributed by atoms with Crippen LogP contribution < -0.4 is 11.5 Å². The number of likely N-dealkylation sites (tertiary alicyclic amines) is 1. The van der Waals surface area contributed by atoms with E-state index in [-0.39, 0.29) is 11.8 Å². The molecule has 1 heterocycles. The molecule has 5 nitrogen and oxygen atoms in total. The molecule has 0 bridgehead atoms. The average molecular weight is 261 g/mol. The van der Waals surface area contributed by atoms with Crippen LogP contribution in [0.4, 0.5) is 5.69 Å². The smallest absolute Gasteiger partial charge is 0.227 e. The molecule has 1 aliphatic heterocycles. The lowest BCUT2D eigenvalue weighted by Crippen LogP contribution is -2.39. The van der Waals surface area contributed by atoms with E-state index in [9.17, 15) is 9.59 Å². The van der Waals surface area contributed by atoms with Crippen LogP contribution in [0.1, 0.15) is 18.9 Å². The molecule has 4 N–H and O–H groups in total. The van der Waals surface area contributed by atoms with E-state index in [0.29, 0.717) is 31.6 Å². The number of carbonyl (C=O) groups excluding carboxylic acids is 2. The first-order valence-electron chi connectivity index (χ1n) is 6.33. The van der Waals surface area contributed by atoms with Gasteiger partial charge < -0.3 is 16.4 Å². The zero-order valence-electron chi connectivity index (χ0n) is 11.1. The first-order chi connectivity index (χ1) is 8.90. The summed E-state index contributed by atoms with van der Waals surface area (Å²) in [5, 5.41) is 0. The van der Waals surface area contributed by atoms with Crippen LogP contribution in [0.3, 0.4) is 0 Å². The molecule has 1 aliphatic rings. The number of nitrogens with two attached hydrogens (primary N) is 2. The van der Waals surface area contributed by atoms with Gasteiger partial charge in [-0.25, -0.2) is 0 Å². The Morgan fingerprint density at radius 1 is 1.42 bits per heavy atom. The zero-order valence-corrected chi connectivity index (χ0v) is 11.1. The van der Waals surface area contributed by atoms with Gasteiger partial charge in [-0.2, -0.15) is 0 Å². The Balaban J connectivity index is 2.01. The molecule has 1 atom stereocenters. The van der Waals surface area contributed by atoms with Gasteiger partial charge in [0, 0.05) is 18.8 Å². The maximum Gasteiger partial charge on any atom is 0.227 e. The molecule has 0 radical (unpaired) electrons. The van der Waals surface area contributed by atoms with Crippen molar-refractivity contribution in [2.75, 3.05) is 18.8 Å². The topological polar surface area (TPSA) is 89.4 Å². The number of hydrogen-bond donors (Lipinski definition) is 2. The molecule has 0 aliphatic carbocycles. The lowest BCUT2D eigenvalue weighted by Gasteiger charge is -2.21. The zero-order chi connectivity index (χ0) is 14.0. The molecule has 5 heteroatoms. The lowest BCUT2D eigenvalue weighted by atomic mass is 9.89. The maximum absolute atomic E-state index is 12.2. The third kappa shape index (κ3) is 2.86. The highest BCUT2D eigenvalue weighted by Gasteiger charge is 2.40. The van der Waals surface area contributed by atoms with Gasteiger partial charge in [-0.3, -0.25) is 9.59 Å². The summed E-state index contributed by atoms with van der Waals surface area (Å²) in [6.07, 6.45) is 0.935. The summed E-state index contributed by atoms with van der Waals surface area (Å²) in [7, 11) is 0. The molecule has 1 aromatic rings. The first-order valence-corrected chi connectivity index (χ1v) is 6.33. The second kappa shape index (κ2) is 4.91. The van der Waals surface area contributed by atoms with Crippen LogP contribution in [-0.2, 0) is 16.0 Å². The lowest BCUT2D eigenvalue weighted by molar-refractivity contribution is -0.131. The van der Waals surface area contributed by atoms with Crippen molar-refractivity contribution >= 4 is 17.5 Å². The predicted octanol–water partition coefficient (Wildman–Crippen LogP) is 0.535. The Bertz CT molecular complexity index is 515. The fourth-order valence-corrected chi connectivity index (χ4v) is 2.36. The first kappa shape index (κ1) is 13.4. The highest BCUT2D eigenvalue weighted by atomic mass is 16.2. The van der Waals surface area contributed by atoms with Crippen molar-refractivity contribution in [3.05, 3.63) is 29.8 Å². The molecular weight excluding hydrogens is 242 g/mol. The number of primary amides is 1. The van der Waals surface area contributed by atoms with Gasteiger partial charge in [-0.05, 0) is 31.0 Å². The van der Waals surface area contributed by atoms with Crippen molar-refractivity contribution in [1.29, 1.82) is 0 Å². The Morgan fingerprint density at radius 2 is 2.16 bits per heavy atom. The predicted molar refractivity (Wildman–Crippen MR) is 73.1 cm³/mol. The van der Waals surface area contributed by atoms with Crippen LogP contribution in [0.25, 0.3) is 0 Å². The summed E-state index contributed by atoms with van der Waals surface area (Å²) in [4.78, 5) is 25.2. The van der Waals surface area contributed by atoms with Crippen molar-refractivity contribution < 1.29 is 9.59 Å². The molecule has 1 fully saturated rings. The second-order valence-corrected chi connectivity index (χ2v) is 5.41. The van der Waals surface area contributed by atoms with Crippen LogP contribution in [-0.4, -0.2) is 29.8 Å². The summed E-state index contributed by atoms with van der Waals surface area (Å²) >= 11 is 0. The number of benzene rings is 1. The molecule has 0 spiro atoms. The van der Waals surface area contributed by atoms with E-state index in [1.54, 1.807) is 17.0 Å². The molecule has 19 heavy (non-hydrogen) atoms. The van der Waals surface area contributed by atoms with E-state index < -0.39 is 5.41 Å². The van der Waals surface area contributed by atoms with Crippen LogP contribution >= 0.6 is 0 Å². The van der Waals surface area contributed by atoms with Crippen molar-refractivity contribution in [3.8, 4) is 0 Å². The van der Waals surface area contributed by atoms with Crippen LogP contribution in [0.15, 0.2) is 24.3 Å². The molecule has 0 saturated carbocycles. The van der Waals surface area contributed by atoms with Crippen molar-refractivity contribution in [1.82, 2.24) is 4.90 Å². The highest BCUT2D eigenvalue weighted by Crippen LogP contribution is 2.29. The number of anilines is 1. The van der Waals surface area contributed by atoms with Gasteiger partial charge in [-0.15, -0.1) is 0 Å². The monoisotopic (exact) mass is 261 g/mol. The fraction of sp³-hybridized carbons (Fsp3) is 0.429. The highest BCUT2D eigenvalue weighted by molar-refractivity contribution is 5.84. The summed E-state index contributed by atoms with van der Waals surface area (Å²) in [5.41, 5.74) is 12.0. The van der Waals surface area contributed by atoms with E-state index in [4.69, 9.17) is 11.5 Å². The summed E-state index contributed by atoms with van der Waals surface area (Å²) in [5.74, 6) is -0.331. The molecule has 2 amide bonds. The quantitative estimate of drug-likeness (QED) is 0.778. The van der Waals surface area contributed by atoms with Gasteiger partial charge in [0.25, 0.3) is 0 Å². The minimum absolute atomic E-state index is 0.00979. The van der Waals surface area contributed by atoms with Gasteiger partial charge in [0.05, 0.1) is 11.8 Å². The number of nitrogen functional groups attached to an aromatic ring is 1. The van der Waals surface area contributed by atoms with E-state index in [0.717, 1.165) is 5.56 Å². The van der Waals surface area contributed by atoms with Gasteiger partial charge in [0.2, 0.25) is 11.8 Å². The summed E-state index contributed by atoms with van der Waals surface area (Å²) in [6.45, 7) is 2.80. The van der Waals surface area contributed by atoms with Gasteiger partial charge in [0.1, 0.15) is 0 Å². The molecule has 102 valence electrons. The SMILES string of the molecule is CC1(C(N)=O)CCN(C(=O)Cc2cccc(N)c2)C1. The molecule has 1 aromatic carbocycles. The van der Waals surface area contributed by atoms with Gasteiger partial charge in [-0.1, -0.05) is 12.1 Å². The van der Waals surface area contributed by atoms with Gasteiger partial charge in [0.15, 0.2) is 0 Å². The molecular formula is C14H19N3O2. The second-order valence-electron chi connectivity index (χ2n) is 5.41. The molecule has 1 saturated heterocycles. The average Bonchev–Trinajstić information content (AvgIpc) is 2.73. The third-order valence-electron chi connectivity index (χ3n) is 3.73. The number of rotatable bonds is 3. The Morgan fingerprint density at radius 3 is 2.74 bits per heavy atom. The maximum atomic E-state index is 12.2. The summed E-state index contributed by atoms with van der Waals surface area (Å²) < 4.78 is 0. The van der Waals surface area contributed by atoms with Crippen molar-refractivity contribution in [2.45, 2.75) is 19.8 Å². The van der Waals surface area contributed by atoms with E-state index >= 15 is 0 Å². The van der Waals surface area contributed by atoms with Crippen molar-refractivity contribution in [2.24, 2.45) is 11.1 Å². The van der Waals surface area contributed by atoms with Gasteiger partial charge >= 0.3 is 0 Å². The molecule has 0 aromatic heterocycles. The number of hydrogen-bond acceptors (Lipinski definition) is 3. The van der Waals surface area contributed by atoms with Crippen molar-refractivity contribution in [3.63, 3.8) is 0 Å². The standard InChI is InChI=1S/C14H19N3O2/c1-14(13(16)19)5-6-17(9-14)12(18)8-10-3-2-4-11(15)7-10/h2-4,7H,5-6,8-9,15H2,1H3,(H2,16,19). The molecule has 1 unspecified atom stereocenters. The summed E-state index contributed by atoms with van der Waals surface area (Å²) in [6, 6.07) is 7.28. The normalized spacial score (nSPS) is 22.5. The van der Waals surface area contributed by atoms with Crippen LogP contribution in [0.2, 0.25) is 0 Å². The minimum Gasteiger partial charge on any atom is -0.399 e. The fourth-order valence-electron chi connectivity index (χ4n) is 2.36. The minimum atomic E-state index is -0.592. The largest absolute Gasteiger partial charge is 0.399 e. The van der Waals surface area contributed by atoms with E-state index in [2.05, 4.69) is 0 Å². The third-order valence-corrected chi connectivity index (χ3v) is 3.73. The molecule has 2 rings (SSSR count). The van der Waals surface area contributed by atoms with E-state index in [1.807, 2.05) is 19.1 Å². The Kier molecular flexibility index (Phi) is 3.46. The van der Waals surface area contributed by atoms with E-state index in [1.165, 1.54) is 0 Å². The number of amides is 2. The number of carbonyl (C=O) groups is 2. The van der Waals surface area contributed by atoms with Crippen LogP contribution in [0.5, 0.6) is 0 Å². The number of nitrogens with zero attached hydrogens (tertiary/aromatic N) is 1.